The zero-order chi connectivity index (χ0) is 0. The van der Waals surface area contributed by atoms with E-state index in [0.29, 0.717) is 0 Å². The van der Waals surface area contributed by atoms with Crippen LogP contribution in [0.25, 0.3) is 0 Å². The minimum atomic E-state index is 0. The van der Waals surface area contributed by atoms with Gasteiger partial charge in [-0.3, -0.25) is 0 Å². The van der Waals surface area contributed by atoms with Crippen molar-refractivity contribution >= 4 is 71.7 Å². The van der Waals surface area contributed by atoms with Gasteiger partial charge in [-0.2, -0.15) is 0 Å². The fraction of sp³-hybridized carbons (Fsp3) is 0. The molecule has 0 saturated heterocycles. The summed E-state index contributed by atoms with van der Waals surface area (Å²) in [5, 5.41) is 0. The molecule has 12 radical (unpaired) electrons. The van der Waals surface area contributed by atoms with Gasteiger partial charge in [0, 0.05) is 157 Å². The summed E-state index contributed by atoms with van der Waals surface area (Å²) in [6, 6.07) is 0. The van der Waals surface area contributed by atoms with Crippen LogP contribution in [-0.4, -0.2) is 71.7 Å². The first-order valence-electron chi connectivity index (χ1n) is 0. The van der Waals surface area contributed by atoms with Gasteiger partial charge in [0.1, 0.15) is 0 Å². The maximum atomic E-state index is 0. The predicted octanol–water partition coefficient (Wildman–Crippen LogP) is -1.15. The maximum absolute atomic E-state index is 0. The van der Waals surface area contributed by atoms with E-state index in [0.717, 1.165) is 0 Å². The Kier molecular flexibility index (Phi) is 545. The van der Waals surface area contributed by atoms with E-state index in [9.17, 15) is 0 Å². The van der Waals surface area contributed by atoms with Gasteiger partial charge in [-0.15, -0.1) is 0 Å². The third-order valence-corrected chi connectivity index (χ3v) is 0. The number of hydrogen-bond acceptors (Lipinski definition) is 0. The molecule has 0 bridgehead atoms. The van der Waals surface area contributed by atoms with E-state index in [-0.39, 0.29) is 157 Å². The predicted molar refractivity (Wildman–Crippen MR) is 17.3 cm³/mol. The van der Waals surface area contributed by atoms with Crippen molar-refractivity contribution in [1.82, 2.24) is 0 Å². The minimum absolute atomic E-state index is 0. The standard InChI is InChI=1S/5Fe.3Sn. The van der Waals surface area contributed by atoms with E-state index in [1.165, 1.54) is 0 Å². The monoisotopic (exact) mass is 639 g/mol. The van der Waals surface area contributed by atoms with Crippen molar-refractivity contribution < 1.29 is 85.3 Å². The topological polar surface area (TPSA) is 0 Å². The molecule has 52 valence electrons. The molecule has 0 saturated carbocycles. The molecule has 0 aliphatic carbocycles. The zero-order valence-electron chi connectivity index (χ0n) is 3.27. The Hall–Kier alpha value is 4.99. The summed E-state index contributed by atoms with van der Waals surface area (Å²) in [6.07, 6.45) is 0. The molecule has 0 spiro atoms. The second-order valence-electron chi connectivity index (χ2n) is 0. The van der Waals surface area contributed by atoms with Crippen LogP contribution in [0.3, 0.4) is 0 Å². The summed E-state index contributed by atoms with van der Waals surface area (Å²) in [6.45, 7) is 0. The molecule has 0 nitrogen and oxygen atoms in total. The Morgan fingerprint density at radius 2 is 0.250 bits per heavy atom. The molecule has 0 aromatic carbocycles. The molecular weight excluding hydrogens is 635 g/mol. The Labute approximate surface area is 154 Å². The molecule has 8 heteroatoms. The third kappa shape index (κ3) is 44.0. The van der Waals surface area contributed by atoms with Crippen LogP contribution in [0.2, 0.25) is 0 Å². The van der Waals surface area contributed by atoms with Crippen molar-refractivity contribution in [3.63, 3.8) is 0 Å². The molecule has 0 heterocycles. The van der Waals surface area contributed by atoms with Crippen LogP contribution in [0.5, 0.6) is 0 Å². The molecule has 0 rings (SSSR count). The molecule has 0 aliphatic heterocycles. The van der Waals surface area contributed by atoms with Gasteiger partial charge >= 0.3 is 0 Å². The Morgan fingerprint density at radius 3 is 0.250 bits per heavy atom. The van der Waals surface area contributed by atoms with Crippen LogP contribution in [0.4, 0.5) is 0 Å². The van der Waals surface area contributed by atoms with E-state index in [4.69, 9.17) is 0 Å². The van der Waals surface area contributed by atoms with Crippen LogP contribution in [0.15, 0.2) is 0 Å². The van der Waals surface area contributed by atoms with Crippen molar-refractivity contribution in [1.29, 1.82) is 0 Å². The summed E-state index contributed by atoms with van der Waals surface area (Å²) >= 11 is 0. The van der Waals surface area contributed by atoms with Crippen LogP contribution >= 0.6 is 0 Å². The van der Waals surface area contributed by atoms with E-state index >= 15 is 0 Å². The summed E-state index contributed by atoms with van der Waals surface area (Å²) in [5.41, 5.74) is 0. The molecular formula is Fe5Sn3. The fourth-order valence-corrected chi connectivity index (χ4v) is 0. The van der Waals surface area contributed by atoms with Crippen molar-refractivity contribution in [3.05, 3.63) is 0 Å². The fourth-order valence-electron chi connectivity index (χ4n) is 0. The Morgan fingerprint density at radius 1 is 0.250 bits per heavy atom. The van der Waals surface area contributed by atoms with Crippen LogP contribution < -0.4 is 0 Å². The van der Waals surface area contributed by atoms with Crippen molar-refractivity contribution in [3.8, 4) is 0 Å². The van der Waals surface area contributed by atoms with E-state index in [1.807, 2.05) is 0 Å². The second-order valence-corrected chi connectivity index (χ2v) is 0. The molecule has 0 N–H and O–H groups in total. The van der Waals surface area contributed by atoms with Gasteiger partial charge in [0.25, 0.3) is 0 Å². The Bertz CT molecular complexity index is 7.64. The van der Waals surface area contributed by atoms with Crippen molar-refractivity contribution in [2.24, 2.45) is 0 Å². The van der Waals surface area contributed by atoms with E-state index < -0.39 is 0 Å². The molecule has 0 aromatic rings. The maximum Gasteiger partial charge on any atom is 0 e. The first kappa shape index (κ1) is 75.0. The van der Waals surface area contributed by atoms with Crippen molar-refractivity contribution in [2.45, 2.75) is 0 Å². The minimum Gasteiger partial charge on any atom is 0 e. The first-order valence-corrected chi connectivity index (χ1v) is 0. The van der Waals surface area contributed by atoms with Crippen molar-refractivity contribution in [2.75, 3.05) is 0 Å². The summed E-state index contributed by atoms with van der Waals surface area (Å²) in [4.78, 5) is 0. The Balaban J connectivity index is 0. The molecule has 0 unspecified atom stereocenters. The van der Waals surface area contributed by atoms with Crippen LogP contribution in [0.1, 0.15) is 0 Å². The smallest absolute Gasteiger partial charge is 0 e. The van der Waals surface area contributed by atoms with Gasteiger partial charge in [0.05, 0.1) is 0 Å². The normalized spacial score (nSPS) is 0. The summed E-state index contributed by atoms with van der Waals surface area (Å²) in [5.74, 6) is 0. The molecule has 8 heavy (non-hydrogen) atoms. The molecule has 0 amide bonds. The summed E-state index contributed by atoms with van der Waals surface area (Å²) in [7, 11) is 0. The van der Waals surface area contributed by atoms with Gasteiger partial charge in [-0.1, -0.05) is 0 Å². The number of hydrogen-bond donors (Lipinski definition) is 0. The van der Waals surface area contributed by atoms with Gasteiger partial charge in [0.2, 0.25) is 0 Å². The molecule has 0 atom stereocenters. The molecule has 0 aliphatic rings. The largest absolute Gasteiger partial charge is 0 e. The van der Waals surface area contributed by atoms with Gasteiger partial charge in [0.15, 0.2) is 0 Å². The van der Waals surface area contributed by atoms with Gasteiger partial charge < -0.3 is 0 Å². The van der Waals surface area contributed by atoms with Crippen LogP contribution in [-0.2, 0) is 85.3 Å². The SMILES string of the molecule is [Fe].[Fe].[Fe].[Fe].[Fe].[Sn].[Sn].[Sn]. The van der Waals surface area contributed by atoms with E-state index in [2.05, 4.69) is 0 Å². The quantitative estimate of drug-likeness (QED) is 0.295. The van der Waals surface area contributed by atoms with Crippen LogP contribution in [0, 0.1) is 0 Å². The average Bonchev–Trinajstić information content (AvgIpc) is 0. The first-order chi connectivity index (χ1) is 0. The van der Waals surface area contributed by atoms with Gasteiger partial charge in [-0.25, -0.2) is 0 Å². The molecule has 0 aromatic heterocycles. The molecule has 0 fully saturated rings. The third-order valence-electron chi connectivity index (χ3n) is 0. The second kappa shape index (κ2) is 58.1. The average molecular weight is 635 g/mol. The zero-order valence-corrected chi connectivity index (χ0v) is 17.4. The van der Waals surface area contributed by atoms with Gasteiger partial charge in [-0.05, 0) is 0 Å². The summed E-state index contributed by atoms with van der Waals surface area (Å²) < 4.78 is 0. The number of rotatable bonds is 0. The van der Waals surface area contributed by atoms with E-state index in [1.54, 1.807) is 0 Å².